The first-order valence-electron chi connectivity index (χ1n) is 5.80. The van der Waals surface area contributed by atoms with Gasteiger partial charge in [-0.15, -0.1) is 0 Å². The average molecular weight is 280 g/mol. The van der Waals surface area contributed by atoms with E-state index in [4.69, 9.17) is 11.6 Å². The number of nitrogens with zero attached hydrogens (tertiary/aromatic N) is 2. The second-order valence-electron chi connectivity index (χ2n) is 4.09. The van der Waals surface area contributed by atoms with E-state index in [1.165, 1.54) is 7.11 Å². The van der Waals surface area contributed by atoms with Gasteiger partial charge in [0.15, 0.2) is 5.15 Å². The van der Waals surface area contributed by atoms with Gasteiger partial charge in [-0.3, -0.25) is 4.79 Å². The number of halogens is 1. The van der Waals surface area contributed by atoms with Crippen molar-refractivity contribution >= 4 is 28.5 Å². The topological polar surface area (TPSA) is 64.1 Å². The molecule has 0 aliphatic heterocycles. The first-order valence-corrected chi connectivity index (χ1v) is 6.18. The molecule has 0 saturated heterocycles. The third kappa shape index (κ3) is 3.19. The summed E-state index contributed by atoms with van der Waals surface area (Å²) in [5.74, 6) is -0.293. The third-order valence-corrected chi connectivity index (χ3v) is 3.07. The van der Waals surface area contributed by atoms with Crippen molar-refractivity contribution in [2.45, 2.75) is 13.5 Å². The molecule has 19 heavy (non-hydrogen) atoms. The molecule has 0 bridgehead atoms. The second-order valence-corrected chi connectivity index (χ2v) is 4.44. The van der Waals surface area contributed by atoms with Gasteiger partial charge in [-0.25, -0.2) is 9.97 Å². The van der Waals surface area contributed by atoms with Crippen molar-refractivity contribution in [2.75, 3.05) is 13.7 Å². The Morgan fingerprint density at radius 2 is 2.32 bits per heavy atom. The van der Waals surface area contributed by atoms with E-state index in [0.717, 1.165) is 16.6 Å². The summed E-state index contributed by atoms with van der Waals surface area (Å²) in [6.07, 6.45) is 1.65. The highest BCUT2D eigenvalue weighted by Gasteiger charge is 2.07. The summed E-state index contributed by atoms with van der Waals surface area (Å²) in [6, 6.07) is 3.85. The van der Waals surface area contributed by atoms with Gasteiger partial charge in [0.1, 0.15) is 5.52 Å². The Hall–Kier alpha value is -1.72. The molecule has 0 aromatic carbocycles. The Bertz CT molecular complexity index is 616. The number of fused-ring (bicyclic) bond motifs is 1. The maximum absolute atomic E-state index is 11.0. The predicted octanol–water partition coefficient (Wildman–Crippen LogP) is 1.85. The van der Waals surface area contributed by atoms with Crippen LogP contribution in [0.25, 0.3) is 10.9 Å². The van der Waals surface area contributed by atoms with Crippen molar-refractivity contribution in [1.29, 1.82) is 0 Å². The van der Waals surface area contributed by atoms with Crippen molar-refractivity contribution < 1.29 is 9.53 Å². The molecule has 0 fully saturated rings. The summed E-state index contributed by atoms with van der Waals surface area (Å²) in [7, 11) is 1.36. The molecular weight excluding hydrogens is 266 g/mol. The largest absolute Gasteiger partial charge is 0.468 e. The molecule has 0 atom stereocenters. The number of pyridine rings is 2. The molecule has 2 heterocycles. The molecule has 0 aliphatic carbocycles. The first kappa shape index (κ1) is 13.7. The number of hydrogen-bond acceptors (Lipinski definition) is 5. The van der Waals surface area contributed by atoms with Crippen molar-refractivity contribution in [3.8, 4) is 0 Å². The number of hydrogen-bond donors (Lipinski definition) is 1. The summed E-state index contributed by atoms with van der Waals surface area (Å²) in [4.78, 5) is 19.5. The monoisotopic (exact) mass is 279 g/mol. The lowest BCUT2D eigenvalue weighted by Crippen LogP contribution is -2.23. The molecule has 2 aromatic heterocycles. The van der Waals surface area contributed by atoms with E-state index in [2.05, 4.69) is 20.0 Å². The standard InChI is InChI=1S/C13H14ClN3O2/c1-8-10(6-15-7-11(18)19-2)5-9-3-4-16-13(14)12(9)17-8/h3-5,15H,6-7H2,1-2H3. The fraction of sp³-hybridized carbons (Fsp3) is 0.308. The van der Waals surface area contributed by atoms with Gasteiger partial charge in [-0.2, -0.15) is 0 Å². The fourth-order valence-corrected chi connectivity index (χ4v) is 1.96. The van der Waals surface area contributed by atoms with E-state index in [9.17, 15) is 4.79 Å². The minimum absolute atomic E-state index is 0.172. The minimum atomic E-state index is -0.293. The van der Waals surface area contributed by atoms with Gasteiger partial charge in [-0.05, 0) is 24.6 Å². The molecule has 5 nitrogen and oxygen atoms in total. The Morgan fingerprint density at radius 1 is 1.53 bits per heavy atom. The van der Waals surface area contributed by atoms with Gasteiger partial charge in [0, 0.05) is 23.8 Å². The number of esters is 1. The summed E-state index contributed by atoms with van der Waals surface area (Å²) in [6.45, 7) is 2.62. The number of aryl methyl sites for hydroxylation is 1. The van der Waals surface area contributed by atoms with Crippen LogP contribution in [0.2, 0.25) is 5.15 Å². The molecule has 6 heteroatoms. The highest BCUT2D eigenvalue weighted by molar-refractivity contribution is 6.33. The Labute approximate surface area is 116 Å². The lowest BCUT2D eigenvalue weighted by molar-refractivity contribution is -0.139. The highest BCUT2D eigenvalue weighted by atomic mass is 35.5. The summed E-state index contributed by atoms with van der Waals surface area (Å²) in [5.41, 5.74) is 2.57. The molecule has 0 spiro atoms. The van der Waals surface area contributed by atoms with Crippen LogP contribution in [0.3, 0.4) is 0 Å². The number of aromatic nitrogens is 2. The summed E-state index contributed by atoms with van der Waals surface area (Å²) >= 11 is 6.00. The quantitative estimate of drug-likeness (QED) is 0.684. The molecule has 0 unspecified atom stereocenters. The van der Waals surface area contributed by atoms with E-state index in [1.54, 1.807) is 6.20 Å². The second kappa shape index (κ2) is 5.95. The molecule has 0 amide bonds. The fourth-order valence-electron chi connectivity index (χ4n) is 1.75. The zero-order valence-corrected chi connectivity index (χ0v) is 11.5. The van der Waals surface area contributed by atoms with E-state index >= 15 is 0 Å². The van der Waals surface area contributed by atoms with E-state index in [0.29, 0.717) is 17.2 Å². The first-order chi connectivity index (χ1) is 9.11. The van der Waals surface area contributed by atoms with Crippen LogP contribution in [0.4, 0.5) is 0 Å². The maximum atomic E-state index is 11.0. The molecular formula is C13H14ClN3O2. The zero-order chi connectivity index (χ0) is 13.8. The van der Waals surface area contributed by atoms with Crippen LogP contribution in [-0.4, -0.2) is 29.6 Å². The number of ether oxygens (including phenoxy) is 1. The number of rotatable bonds is 4. The lowest BCUT2D eigenvalue weighted by Gasteiger charge is -2.08. The van der Waals surface area contributed by atoms with Crippen molar-refractivity contribution in [3.63, 3.8) is 0 Å². The van der Waals surface area contributed by atoms with Crippen LogP contribution in [0.15, 0.2) is 18.3 Å². The van der Waals surface area contributed by atoms with Gasteiger partial charge in [-0.1, -0.05) is 11.6 Å². The SMILES string of the molecule is COC(=O)CNCc1cc2ccnc(Cl)c2nc1C. The number of carbonyl (C=O) groups is 1. The van der Waals surface area contributed by atoms with E-state index in [1.807, 2.05) is 19.1 Å². The molecule has 0 radical (unpaired) electrons. The van der Waals surface area contributed by atoms with E-state index < -0.39 is 0 Å². The van der Waals surface area contributed by atoms with Crippen LogP contribution < -0.4 is 5.32 Å². The smallest absolute Gasteiger partial charge is 0.319 e. The van der Waals surface area contributed by atoms with Crippen LogP contribution in [0, 0.1) is 6.92 Å². The van der Waals surface area contributed by atoms with Crippen LogP contribution >= 0.6 is 11.6 Å². The summed E-state index contributed by atoms with van der Waals surface area (Å²) in [5, 5.41) is 4.34. The molecule has 2 aromatic rings. The van der Waals surface area contributed by atoms with E-state index in [-0.39, 0.29) is 12.5 Å². The number of nitrogens with one attached hydrogen (secondary N) is 1. The predicted molar refractivity (Wildman–Crippen MR) is 73.0 cm³/mol. The Balaban J connectivity index is 2.20. The molecule has 2 rings (SSSR count). The average Bonchev–Trinajstić information content (AvgIpc) is 2.40. The molecule has 0 saturated carbocycles. The van der Waals surface area contributed by atoms with Crippen LogP contribution in [0.1, 0.15) is 11.3 Å². The zero-order valence-electron chi connectivity index (χ0n) is 10.7. The molecule has 100 valence electrons. The molecule has 1 N–H and O–H groups in total. The third-order valence-electron chi connectivity index (χ3n) is 2.80. The lowest BCUT2D eigenvalue weighted by atomic mass is 10.1. The van der Waals surface area contributed by atoms with Crippen molar-refractivity contribution in [2.24, 2.45) is 0 Å². The maximum Gasteiger partial charge on any atom is 0.319 e. The van der Waals surface area contributed by atoms with Gasteiger partial charge in [0.2, 0.25) is 0 Å². The summed E-state index contributed by atoms with van der Waals surface area (Å²) < 4.78 is 4.56. The molecule has 0 aliphatic rings. The van der Waals surface area contributed by atoms with Gasteiger partial charge in [0.05, 0.1) is 13.7 Å². The number of methoxy groups -OCH3 is 1. The number of carbonyl (C=O) groups excluding carboxylic acids is 1. The normalized spacial score (nSPS) is 10.7. The van der Waals surface area contributed by atoms with Crippen molar-refractivity contribution in [3.05, 3.63) is 34.7 Å². The van der Waals surface area contributed by atoms with Crippen LogP contribution in [-0.2, 0) is 16.1 Å². The van der Waals surface area contributed by atoms with Crippen molar-refractivity contribution in [1.82, 2.24) is 15.3 Å². The minimum Gasteiger partial charge on any atom is -0.468 e. The van der Waals surface area contributed by atoms with Gasteiger partial charge < -0.3 is 10.1 Å². The highest BCUT2D eigenvalue weighted by Crippen LogP contribution is 2.21. The van der Waals surface area contributed by atoms with Gasteiger partial charge in [0.25, 0.3) is 0 Å². The van der Waals surface area contributed by atoms with Crippen LogP contribution in [0.5, 0.6) is 0 Å². The Morgan fingerprint density at radius 3 is 3.05 bits per heavy atom. The Kier molecular flexibility index (Phi) is 4.29. The van der Waals surface area contributed by atoms with Gasteiger partial charge >= 0.3 is 5.97 Å².